The normalized spacial score (nSPS) is 30.0. The second-order valence-corrected chi connectivity index (χ2v) is 6.80. The Labute approximate surface area is 120 Å². The Morgan fingerprint density at radius 1 is 1.32 bits per heavy atom. The van der Waals surface area contributed by atoms with E-state index in [2.05, 4.69) is 28.8 Å². The highest BCUT2D eigenvalue weighted by molar-refractivity contribution is 6.20. The summed E-state index contributed by atoms with van der Waals surface area (Å²) in [5.41, 5.74) is 1.21. The van der Waals surface area contributed by atoms with Gasteiger partial charge >= 0.3 is 0 Å². The molecule has 2 fully saturated rings. The predicted molar refractivity (Wildman–Crippen MR) is 78.4 cm³/mol. The molecule has 3 rings (SSSR count). The molecule has 0 aromatic carbocycles. The van der Waals surface area contributed by atoms with Gasteiger partial charge in [0.1, 0.15) is 0 Å². The molecule has 0 spiro atoms. The smallest absolute Gasteiger partial charge is 0.0764 e. The van der Waals surface area contributed by atoms with Crippen molar-refractivity contribution in [3.05, 3.63) is 18.0 Å². The summed E-state index contributed by atoms with van der Waals surface area (Å²) in [5, 5.41) is 5.13. The molecule has 1 aromatic heterocycles. The first-order chi connectivity index (χ1) is 9.22. The molecule has 2 unspecified atom stereocenters. The summed E-state index contributed by atoms with van der Waals surface area (Å²) in [7, 11) is 0. The highest BCUT2D eigenvalue weighted by Gasteiger charge is 2.25. The standard InChI is InChI=1S/C15H24ClN3/c1-12-10-18(8-7-15(12)16)11-13-6-9-19(17-13)14-4-2-3-5-14/h6,9,12,14-15H,2-5,7-8,10-11H2,1H3. The summed E-state index contributed by atoms with van der Waals surface area (Å²) >= 11 is 6.28. The zero-order valence-corrected chi connectivity index (χ0v) is 12.5. The number of nitrogens with zero attached hydrogens (tertiary/aromatic N) is 3. The molecule has 1 aromatic rings. The van der Waals surface area contributed by atoms with E-state index in [1.54, 1.807) is 0 Å². The van der Waals surface area contributed by atoms with Crippen molar-refractivity contribution >= 4 is 11.6 Å². The van der Waals surface area contributed by atoms with Gasteiger partial charge in [-0.05, 0) is 37.8 Å². The van der Waals surface area contributed by atoms with E-state index in [9.17, 15) is 0 Å². The molecule has 19 heavy (non-hydrogen) atoms. The van der Waals surface area contributed by atoms with Gasteiger partial charge in [0.25, 0.3) is 0 Å². The first-order valence-electron chi connectivity index (χ1n) is 7.63. The molecule has 1 saturated carbocycles. The van der Waals surface area contributed by atoms with Gasteiger partial charge in [-0.3, -0.25) is 9.58 Å². The Balaban J connectivity index is 1.58. The minimum absolute atomic E-state index is 0.354. The van der Waals surface area contributed by atoms with Gasteiger partial charge in [0.15, 0.2) is 0 Å². The lowest BCUT2D eigenvalue weighted by Gasteiger charge is -2.33. The third kappa shape index (κ3) is 3.14. The molecule has 2 aliphatic rings. The number of hydrogen-bond acceptors (Lipinski definition) is 2. The molecular formula is C15H24ClN3. The molecule has 1 aliphatic carbocycles. The molecule has 4 heteroatoms. The summed E-state index contributed by atoms with van der Waals surface area (Å²) in [6.07, 6.45) is 8.60. The molecule has 2 heterocycles. The lowest BCUT2D eigenvalue weighted by atomic mass is 9.99. The van der Waals surface area contributed by atoms with E-state index >= 15 is 0 Å². The molecule has 2 atom stereocenters. The second-order valence-electron chi connectivity index (χ2n) is 6.24. The monoisotopic (exact) mass is 281 g/mol. The Kier molecular flexibility index (Phi) is 4.13. The highest BCUT2D eigenvalue weighted by atomic mass is 35.5. The number of aromatic nitrogens is 2. The number of rotatable bonds is 3. The quantitative estimate of drug-likeness (QED) is 0.792. The number of likely N-dealkylation sites (tertiary alicyclic amines) is 1. The summed E-state index contributed by atoms with van der Waals surface area (Å²) in [4.78, 5) is 2.49. The van der Waals surface area contributed by atoms with Crippen molar-refractivity contribution in [2.24, 2.45) is 5.92 Å². The molecular weight excluding hydrogens is 258 g/mol. The van der Waals surface area contributed by atoms with Gasteiger partial charge in [0.05, 0.1) is 11.7 Å². The zero-order chi connectivity index (χ0) is 13.2. The van der Waals surface area contributed by atoms with E-state index in [1.807, 2.05) is 0 Å². The molecule has 0 amide bonds. The van der Waals surface area contributed by atoms with E-state index in [-0.39, 0.29) is 0 Å². The van der Waals surface area contributed by atoms with Crippen molar-refractivity contribution in [2.75, 3.05) is 13.1 Å². The van der Waals surface area contributed by atoms with Gasteiger partial charge in [-0.25, -0.2) is 0 Å². The van der Waals surface area contributed by atoms with Crippen LogP contribution in [0.5, 0.6) is 0 Å². The van der Waals surface area contributed by atoms with Crippen LogP contribution in [-0.2, 0) is 6.54 Å². The Morgan fingerprint density at radius 3 is 2.84 bits per heavy atom. The lowest BCUT2D eigenvalue weighted by Crippen LogP contribution is -2.39. The molecule has 0 radical (unpaired) electrons. The molecule has 0 N–H and O–H groups in total. The Morgan fingerprint density at radius 2 is 2.11 bits per heavy atom. The van der Waals surface area contributed by atoms with Gasteiger partial charge < -0.3 is 0 Å². The summed E-state index contributed by atoms with van der Waals surface area (Å²) in [6.45, 7) is 5.44. The van der Waals surface area contributed by atoms with Gasteiger partial charge in [0.2, 0.25) is 0 Å². The topological polar surface area (TPSA) is 21.1 Å². The number of alkyl halides is 1. The van der Waals surface area contributed by atoms with Crippen LogP contribution >= 0.6 is 11.6 Å². The first-order valence-corrected chi connectivity index (χ1v) is 8.06. The van der Waals surface area contributed by atoms with Gasteiger partial charge in [0, 0.05) is 24.7 Å². The van der Waals surface area contributed by atoms with Crippen molar-refractivity contribution in [1.82, 2.24) is 14.7 Å². The van der Waals surface area contributed by atoms with Crippen molar-refractivity contribution < 1.29 is 0 Å². The summed E-state index contributed by atoms with van der Waals surface area (Å²) in [5.74, 6) is 0.590. The van der Waals surface area contributed by atoms with Crippen LogP contribution in [0.4, 0.5) is 0 Å². The SMILES string of the molecule is CC1CN(Cc2ccn(C3CCCC3)n2)CCC1Cl. The van der Waals surface area contributed by atoms with Crippen LogP contribution in [0, 0.1) is 5.92 Å². The number of piperidine rings is 1. The highest BCUT2D eigenvalue weighted by Crippen LogP contribution is 2.29. The van der Waals surface area contributed by atoms with Crippen LogP contribution in [0.1, 0.15) is 50.8 Å². The van der Waals surface area contributed by atoms with Gasteiger partial charge in [-0.1, -0.05) is 19.8 Å². The summed E-state index contributed by atoms with van der Waals surface area (Å²) in [6, 6.07) is 2.84. The van der Waals surface area contributed by atoms with Crippen molar-refractivity contribution in [3.63, 3.8) is 0 Å². The second kappa shape index (κ2) is 5.84. The fraction of sp³-hybridized carbons (Fsp3) is 0.800. The van der Waals surface area contributed by atoms with Gasteiger partial charge in [-0.15, -0.1) is 11.6 Å². The maximum atomic E-state index is 6.28. The molecule has 3 nitrogen and oxygen atoms in total. The molecule has 0 bridgehead atoms. The number of hydrogen-bond donors (Lipinski definition) is 0. The average molecular weight is 282 g/mol. The third-order valence-corrected chi connectivity index (χ3v) is 5.28. The van der Waals surface area contributed by atoms with Crippen LogP contribution in [0.25, 0.3) is 0 Å². The van der Waals surface area contributed by atoms with Crippen molar-refractivity contribution in [1.29, 1.82) is 0 Å². The van der Waals surface area contributed by atoms with Crippen LogP contribution < -0.4 is 0 Å². The van der Waals surface area contributed by atoms with E-state index < -0.39 is 0 Å². The van der Waals surface area contributed by atoms with E-state index in [0.29, 0.717) is 17.3 Å². The van der Waals surface area contributed by atoms with E-state index in [4.69, 9.17) is 16.7 Å². The maximum absolute atomic E-state index is 6.28. The predicted octanol–water partition coefficient (Wildman–Crippen LogP) is 3.45. The Bertz CT molecular complexity index is 411. The molecule has 106 valence electrons. The zero-order valence-electron chi connectivity index (χ0n) is 11.8. The van der Waals surface area contributed by atoms with Gasteiger partial charge in [-0.2, -0.15) is 5.10 Å². The fourth-order valence-electron chi connectivity index (χ4n) is 3.41. The fourth-order valence-corrected chi connectivity index (χ4v) is 3.59. The van der Waals surface area contributed by atoms with Crippen molar-refractivity contribution in [3.8, 4) is 0 Å². The van der Waals surface area contributed by atoms with Crippen LogP contribution in [-0.4, -0.2) is 33.1 Å². The number of halogens is 1. The summed E-state index contributed by atoms with van der Waals surface area (Å²) < 4.78 is 2.19. The van der Waals surface area contributed by atoms with Crippen LogP contribution in [0.3, 0.4) is 0 Å². The van der Waals surface area contributed by atoms with E-state index in [0.717, 1.165) is 26.1 Å². The largest absolute Gasteiger partial charge is 0.297 e. The Hall–Kier alpha value is -0.540. The van der Waals surface area contributed by atoms with E-state index in [1.165, 1.54) is 31.4 Å². The lowest BCUT2D eigenvalue weighted by molar-refractivity contribution is 0.177. The van der Waals surface area contributed by atoms with Crippen LogP contribution in [0.15, 0.2) is 12.3 Å². The molecule has 1 saturated heterocycles. The maximum Gasteiger partial charge on any atom is 0.0764 e. The third-order valence-electron chi connectivity index (χ3n) is 4.63. The molecule has 1 aliphatic heterocycles. The van der Waals surface area contributed by atoms with Crippen LogP contribution in [0.2, 0.25) is 0 Å². The average Bonchev–Trinajstić information content (AvgIpc) is 3.04. The minimum atomic E-state index is 0.354. The minimum Gasteiger partial charge on any atom is -0.297 e. The first kappa shape index (κ1) is 13.4. The van der Waals surface area contributed by atoms with Crippen molar-refractivity contribution in [2.45, 2.75) is 57.0 Å².